The van der Waals surface area contributed by atoms with E-state index >= 15 is 0 Å². The summed E-state index contributed by atoms with van der Waals surface area (Å²) in [6.45, 7) is 5.61. The maximum absolute atomic E-state index is 12.4. The topological polar surface area (TPSA) is 123 Å². The van der Waals surface area contributed by atoms with Crippen molar-refractivity contribution < 1.29 is 18.5 Å². The molecule has 9 nitrogen and oxygen atoms in total. The van der Waals surface area contributed by atoms with Gasteiger partial charge in [-0.2, -0.15) is 0 Å². The molecule has 2 N–H and O–H groups in total. The van der Waals surface area contributed by atoms with Crippen LogP contribution in [0.5, 0.6) is 0 Å². The minimum absolute atomic E-state index is 0.160. The van der Waals surface area contributed by atoms with Crippen LogP contribution in [0.3, 0.4) is 0 Å². The number of aromatic nitrogens is 3. The Morgan fingerprint density at radius 1 is 1.03 bits per heavy atom. The molecular formula is C24H23N5O4. The van der Waals surface area contributed by atoms with Crippen LogP contribution in [0.25, 0.3) is 11.5 Å². The number of nitrogens with zero attached hydrogens (tertiary/aromatic N) is 3. The highest BCUT2D eigenvalue weighted by molar-refractivity contribution is 6.03. The molecule has 1 aromatic carbocycles. The number of rotatable bonds is 7. The lowest BCUT2D eigenvalue weighted by molar-refractivity contribution is -0.120. The van der Waals surface area contributed by atoms with E-state index in [4.69, 9.17) is 8.94 Å². The van der Waals surface area contributed by atoms with Gasteiger partial charge in [0, 0.05) is 23.0 Å². The zero-order valence-corrected chi connectivity index (χ0v) is 18.5. The fourth-order valence-corrected chi connectivity index (χ4v) is 3.30. The molecule has 2 amide bonds. The van der Waals surface area contributed by atoms with E-state index in [9.17, 15) is 9.59 Å². The molecule has 0 bridgehead atoms. The molecule has 0 aliphatic rings. The van der Waals surface area contributed by atoms with Gasteiger partial charge in [-0.1, -0.05) is 17.3 Å². The van der Waals surface area contributed by atoms with Gasteiger partial charge in [-0.15, -0.1) is 0 Å². The molecule has 0 atom stereocenters. The molecule has 0 spiro atoms. The largest absolute Gasteiger partial charge is 0.441 e. The average molecular weight is 445 g/mol. The zero-order chi connectivity index (χ0) is 23.4. The highest BCUT2D eigenvalue weighted by Gasteiger charge is 2.16. The third kappa shape index (κ3) is 5.15. The van der Waals surface area contributed by atoms with Gasteiger partial charge in [0.25, 0.3) is 5.91 Å². The lowest BCUT2D eigenvalue weighted by Gasteiger charge is -2.05. The summed E-state index contributed by atoms with van der Waals surface area (Å²) < 4.78 is 10.9. The number of amides is 2. The molecule has 9 heteroatoms. The first-order valence-electron chi connectivity index (χ1n) is 10.4. The standard InChI is InChI=1S/C24H23N5O4/c1-14-19(15(2)33-29-14)12-22(30)26-13-21-16(3)32-24(28-21)17-7-6-8-18(11-17)27-23(31)20-9-4-5-10-25-20/h4-11H,12-13H2,1-3H3,(H,26,30)(H,27,31). The van der Waals surface area contributed by atoms with Crippen LogP contribution in [0.1, 0.15) is 39.0 Å². The van der Waals surface area contributed by atoms with Gasteiger partial charge >= 0.3 is 0 Å². The van der Waals surface area contributed by atoms with Gasteiger partial charge in [-0.25, -0.2) is 4.98 Å². The third-order valence-electron chi connectivity index (χ3n) is 5.13. The number of oxazole rings is 1. The summed E-state index contributed by atoms with van der Waals surface area (Å²) in [5.74, 6) is 1.17. The first kappa shape index (κ1) is 21.9. The van der Waals surface area contributed by atoms with Crippen LogP contribution in [0.15, 0.2) is 57.6 Å². The number of nitrogens with one attached hydrogen (secondary N) is 2. The highest BCUT2D eigenvalue weighted by atomic mass is 16.5. The van der Waals surface area contributed by atoms with Crippen molar-refractivity contribution in [1.29, 1.82) is 0 Å². The quantitative estimate of drug-likeness (QED) is 0.444. The first-order valence-corrected chi connectivity index (χ1v) is 10.4. The summed E-state index contributed by atoms with van der Waals surface area (Å²) in [7, 11) is 0. The Kier molecular flexibility index (Phi) is 6.30. The van der Waals surface area contributed by atoms with Crippen molar-refractivity contribution in [2.75, 3.05) is 5.32 Å². The summed E-state index contributed by atoms with van der Waals surface area (Å²) >= 11 is 0. The maximum Gasteiger partial charge on any atom is 0.274 e. The molecule has 3 aromatic heterocycles. The fraction of sp³-hybridized carbons (Fsp3) is 0.208. The Hall–Kier alpha value is -4.27. The molecule has 0 saturated carbocycles. The number of carbonyl (C=O) groups excluding carboxylic acids is 2. The molecule has 4 aromatic rings. The van der Waals surface area contributed by atoms with E-state index in [-0.39, 0.29) is 24.8 Å². The molecule has 3 heterocycles. The van der Waals surface area contributed by atoms with E-state index in [0.717, 1.165) is 5.56 Å². The molecule has 0 aliphatic heterocycles. The van der Waals surface area contributed by atoms with Gasteiger partial charge in [0.2, 0.25) is 11.8 Å². The predicted molar refractivity (Wildman–Crippen MR) is 120 cm³/mol. The van der Waals surface area contributed by atoms with E-state index in [1.165, 1.54) is 0 Å². The number of carbonyl (C=O) groups is 2. The van der Waals surface area contributed by atoms with E-state index in [0.29, 0.717) is 45.7 Å². The summed E-state index contributed by atoms with van der Waals surface area (Å²) in [6.07, 6.45) is 1.75. The summed E-state index contributed by atoms with van der Waals surface area (Å²) in [5.41, 5.74) is 3.73. The normalized spacial score (nSPS) is 10.8. The lowest BCUT2D eigenvalue weighted by atomic mass is 10.1. The van der Waals surface area contributed by atoms with Crippen molar-refractivity contribution >= 4 is 17.5 Å². The number of benzene rings is 1. The maximum atomic E-state index is 12.4. The third-order valence-corrected chi connectivity index (χ3v) is 5.13. The predicted octanol–water partition coefficient (Wildman–Crippen LogP) is 3.76. The van der Waals surface area contributed by atoms with Crippen LogP contribution >= 0.6 is 0 Å². The number of hydrogen-bond donors (Lipinski definition) is 2. The van der Waals surface area contributed by atoms with Gasteiger partial charge in [0.05, 0.1) is 18.7 Å². The Morgan fingerprint density at radius 3 is 2.61 bits per heavy atom. The molecule has 168 valence electrons. The van der Waals surface area contributed by atoms with E-state index in [2.05, 4.69) is 25.8 Å². The van der Waals surface area contributed by atoms with Gasteiger partial charge in [0.15, 0.2) is 0 Å². The van der Waals surface area contributed by atoms with Crippen LogP contribution in [-0.2, 0) is 17.8 Å². The number of anilines is 1. The molecule has 4 rings (SSSR count). The Bertz CT molecular complexity index is 1270. The molecule has 0 saturated heterocycles. The summed E-state index contributed by atoms with van der Waals surface area (Å²) in [5, 5.41) is 9.55. The van der Waals surface area contributed by atoms with Gasteiger partial charge in [-0.3, -0.25) is 14.6 Å². The van der Waals surface area contributed by atoms with Gasteiger partial charge in [0.1, 0.15) is 22.9 Å². The minimum atomic E-state index is -0.307. The van der Waals surface area contributed by atoms with E-state index in [1.807, 2.05) is 6.07 Å². The molecule has 0 unspecified atom stereocenters. The molecular weight excluding hydrogens is 422 g/mol. The molecule has 0 aliphatic carbocycles. The van der Waals surface area contributed by atoms with E-state index in [1.54, 1.807) is 63.4 Å². The van der Waals surface area contributed by atoms with Crippen LogP contribution in [-0.4, -0.2) is 26.9 Å². The summed E-state index contributed by atoms with van der Waals surface area (Å²) in [4.78, 5) is 33.3. The average Bonchev–Trinajstić information content (AvgIpc) is 3.35. The molecule has 0 radical (unpaired) electrons. The van der Waals surface area contributed by atoms with Crippen LogP contribution in [0, 0.1) is 20.8 Å². The first-order chi connectivity index (χ1) is 15.9. The Labute approximate surface area is 190 Å². The Balaban J connectivity index is 1.42. The zero-order valence-electron chi connectivity index (χ0n) is 18.5. The lowest BCUT2D eigenvalue weighted by Crippen LogP contribution is -2.25. The van der Waals surface area contributed by atoms with E-state index < -0.39 is 0 Å². The van der Waals surface area contributed by atoms with Crippen molar-refractivity contribution in [3.05, 3.63) is 82.8 Å². The van der Waals surface area contributed by atoms with Crippen LogP contribution in [0.4, 0.5) is 5.69 Å². The fourth-order valence-electron chi connectivity index (χ4n) is 3.30. The minimum Gasteiger partial charge on any atom is -0.441 e. The monoisotopic (exact) mass is 445 g/mol. The van der Waals surface area contributed by atoms with Crippen molar-refractivity contribution in [1.82, 2.24) is 20.4 Å². The smallest absolute Gasteiger partial charge is 0.274 e. The van der Waals surface area contributed by atoms with Crippen molar-refractivity contribution in [3.8, 4) is 11.5 Å². The Morgan fingerprint density at radius 2 is 1.88 bits per heavy atom. The highest BCUT2D eigenvalue weighted by Crippen LogP contribution is 2.24. The molecule has 33 heavy (non-hydrogen) atoms. The number of pyridine rings is 1. The van der Waals surface area contributed by atoms with Crippen LogP contribution < -0.4 is 10.6 Å². The summed E-state index contributed by atoms with van der Waals surface area (Å²) in [6, 6.07) is 12.3. The number of hydrogen-bond acceptors (Lipinski definition) is 7. The van der Waals surface area contributed by atoms with Gasteiger partial charge < -0.3 is 19.6 Å². The second kappa shape index (κ2) is 9.47. The van der Waals surface area contributed by atoms with Crippen LogP contribution in [0.2, 0.25) is 0 Å². The SMILES string of the molecule is Cc1noc(C)c1CC(=O)NCc1nc(-c2cccc(NC(=O)c3ccccn3)c2)oc1C. The van der Waals surface area contributed by atoms with Crippen molar-refractivity contribution in [3.63, 3.8) is 0 Å². The second-order valence-corrected chi connectivity index (χ2v) is 7.53. The molecule has 0 fully saturated rings. The van der Waals surface area contributed by atoms with Gasteiger partial charge in [-0.05, 0) is 51.1 Å². The van der Waals surface area contributed by atoms with Crippen molar-refractivity contribution in [2.24, 2.45) is 0 Å². The number of aryl methyl sites for hydroxylation is 3. The second-order valence-electron chi connectivity index (χ2n) is 7.53. The van der Waals surface area contributed by atoms with Crippen molar-refractivity contribution in [2.45, 2.75) is 33.7 Å².